The lowest BCUT2D eigenvalue weighted by atomic mass is 10.0. The first-order valence-corrected chi connectivity index (χ1v) is 4.38. The Kier molecular flexibility index (Phi) is 2.97. The van der Waals surface area contributed by atoms with Crippen molar-refractivity contribution in [2.75, 3.05) is 11.5 Å². The minimum atomic E-state index is 0.823. The van der Waals surface area contributed by atoms with Crippen molar-refractivity contribution in [3.05, 3.63) is 23.8 Å². The van der Waals surface area contributed by atoms with Gasteiger partial charge in [-0.1, -0.05) is 19.4 Å². The fourth-order valence-corrected chi connectivity index (χ4v) is 1.27. The van der Waals surface area contributed by atoms with Crippen LogP contribution in [-0.4, -0.2) is 0 Å². The largest absolute Gasteiger partial charge is 0.398 e. The third-order valence-corrected chi connectivity index (χ3v) is 2.03. The molecule has 0 radical (unpaired) electrons. The maximum Gasteiger partial charge on any atom is 0.0367 e. The molecule has 0 amide bonds. The number of nitrogen functional groups attached to an aromatic ring is 2. The highest BCUT2D eigenvalue weighted by Crippen LogP contribution is 2.20. The van der Waals surface area contributed by atoms with Crippen LogP contribution in [0.2, 0.25) is 0 Å². The summed E-state index contributed by atoms with van der Waals surface area (Å²) in [5, 5.41) is 0. The van der Waals surface area contributed by atoms with Crippen LogP contribution in [0, 0.1) is 0 Å². The predicted octanol–water partition coefficient (Wildman–Crippen LogP) is 2.19. The molecule has 0 aliphatic carbocycles. The van der Waals surface area contributed by atoms with Crippen LogP contribution in [0.15, 0.2) is 18.2 Å². The van der Waals surface area contributed by atoms with Gasteiger partial charge >= 0.3 is 0 Å². The average Bonchev–Trinajstić information content (AvgIpc) is 2.04. The molecule has 66 valence electrons. The maximum absolute atomic E-state index is 5.78. The van der Waals surface area contributed by atoms with Crippen molar-refractivity contribution in [1.29, 1.82) is 0 Å². The van der Waals surface area contributed by atoms with Crippen LogP contribution in [0.5, 0.6) is 0 Å². The maximum atomic E-state index is 5.78. The zero-order chi connectivity index (χ0) is 8.97. The van der Waals surface area contributed by atoms with Crippen molar-refractivity contribution < 1.29 is 0 Å². The molecule has 0 bridgehead atoms. The predicted molar refractivity (Wildman–Crippen MR) is 53.9 cm³/mol. The van der Waals surface area contributed by atoms with Crippen LogP contribution < -0.4 is 11.5 Å². The van der Waals surface area contributed by atoms with Crippen LogP contribution in [-0.2, 0) is 6.42 Å². The highest BCUT2D eigenvalue weighted by Gasteiger charge is 2.01. The van der Waals surface area contributed by atoms with Gasteiger partial charge in [-0.3, -0.25) is 0 Å². The Labute approximate surface area is 73.6 Å². The Bertz CT molecular complexity index is 236. The molecule has 0 saturated heterocycles. The summed E-state index contributed by atoms with van der Waals surface area (Å²) in [7, 11) is 0. The van der Waals surface area contributed by atoms with E-state index in [9.17, 15) is 0 Å². The number of benzene rings is 1. The number of anilines is 2. The van der Waals surface area contributed by atoms with E-state index in [4.69, 9.17) is 11.5 Å². The summed E-state index contributed by atoms with van der Waals surface area (Å²) in [4.78, 5) is 0. The second-order valence-electron chi connectivity index (χ2n) is 3.02. The van der Waals surface area contributed by atoms with Gasteiger partial charge in [-0.2, -0.15) is 0 Å². The second kappa shape index (κ2) is 4.00. The van der Waals surface area contributed by atoms with Gasteiger partial charge < -0.3 is 11.5 Å². The van der Waals surface area contributed by atoms with Crippen LogP contribution in [0.4, 0.5) is 11.4 Å². The summed E-state index contributed by atoms with van der Waals surface area (Å²) in [6.45, 7) is 2.16. The zero-order valence-electron chi connectivity index (χ0n) is 7.51. The monoisotopic (exact) mass is 164 g/mol. The molecule has 0 aromatic heterocycles. The zero-order valence-corrected chi connectivity index (χ0v) is 7.51. The van der Waals surface area contributed by atoms with Crippen molar-refractivity contribution in [2.24, 2.45) is 0 Å². The fourth-order valence-electron chi connectivity index (χ4n) is 1.27. The van der Waals surface area contributed by atoms with Gasteiger partial charge in [0, 0.05) is 11.4 Å². The minimum absolute atomic E-state index is 0.823. The number of unbranched alkanes of at least 4 members (excludes halogenated alkanes) is 1. The number of rotatable bonds is 3. The van der Waals surface area contributed by atoms with Gasteiger partial charge in [0.2, 0.25) is 0 Å². The molecule has 12 heavy (non-hydrogen) atoms. The molecule has 2 heteroatoms. The molecule has 2 nitrogen and oxygen atoms in total. The second-order valence-corrected chi connectivity index (χ2v) is 3.02. The molecule has 1 aromatic carbocycles. The van der Waals surface area contributed by atoms with Gasteiger partial charge in [-0.25, -0.2) is 0 Å². The Balaban J connectivity index is 2.81. The Morgan fingerprint density at radius 1 is 1.17 bits per heavy atom. The van der Waals surface area contributed by atoms with Crippen LogP contribution >= 0.6 is 0 Å². The van der Waals surface area contributed by atoms with E-state index in [0.29, 0.717) is 0 Å². The minimum Gasteiger partial charge on any atom is -0.398 e. The van der Waals surface area contributed by atoms with Gasteiger partial charge in [0.1, 0.15) is 0 Å². The van der Waals surface area contributed by atoms with Crippen molar-refractivity contribution in [3.8, 4) is 0 Å². The third kappa shape index (κ3) is 1.91. The lowest BCUT2D eigenvalue weighted by Crippen LogP contribution is -1.99. The lowest BCUT2D eigenvalue weighted by Gasteiger charge is -2.07. The molecule has 1 rings (SSSR count). The summed E-state index contributed by atoms with van der Waals surface area (Å²) in [6, 6.07) is 5.70. The van der Waals surface area contributed by atoms with Crippen molar-refractivity contribution in [1.82, 2.24) is 0 Å². The van der Waals surface area contributed by atoms with E-state index in [-0.39, 0.29) is 0 Å². The summed E-state index contributed by atoms with van der Waals surface area (Å²) < 4.78 is 0. The number of hydrogen-bond donors (Lipinski definition) is 2. The molecule has 0 fully saturated rings. The average molecular weight is 164 g/mol. The molecule has 0 aliphatic heterocycles. The summed E-state index contributed by atoms with van der Waals surface area (Å²) in [6.07, 6.45) is 3.32. The SMILES string of the molecule is CCCCc1c(N)cccc1N. The molecular weight excluding hydrogens is 148 g/mol. The number of nitrogens with two attached hydrogens (primary N) is 2. The summed E-state index contributed by atoms with van der Waals surface area (Å²) in [5.74, 6) is 0. The summed E-state index contributed by atoms with van der Waals surface area (Å²) in [5.41, 5.74) is 14.3. The topological polar surface area (TPSA) is 52.0 Å². The van der Waals surface area contributed by atoms with Crippen molar-refractivity contribution in [2.45, 2.75) is 26.2 Å². The molecule has 0 unspecified atom stereocenters. The van der Waals surface area contributed by atoms with Crippen LogP contribution in [0.3, 0.4) is 0 Å². The van der Waals surface area contributed by atoms with E-state index in [0.717, 1.165) is 29.8 Å². The van der Waals surface area contributed by atoms with Gasteiger partial charge in [-0.05, 0) is 30.5 Å². The highest BCUT2D eigenvalue weighted by molar-refractivity contribution is 5.61. The molecule has 0 spiro atoms. The van der Waals surface area contributed by atoms with E-state index in [1.807, 2.05) is 18.2 Å². The van der Waals surface area contributed by atoms with Gasteiger partial charge in [0.25, 0.3) is 0 Å². The summed E-state index contributed by atoms with van der Waals surface area (Å²) >= 11 is 0. The highest BCUT2D eigenvalue weighted by atomic mass is 14.6. The number of hydrogen-bond acceptors (Lipinski definition) is 2. The third-order valence-electron chi connectivity index (χ3n) is 2.03. The van der Waals surface area contributed by atoms with Crippen LogP contribution in [0.25, 0.3) is 0 Å². The Morgan fingerprint density at radius 2 is 1.75 bits per heavy atom. The van der Waals surface area contributed by atoms with Crippen molar-refractivity contribution in [3.63, 3.8) is 0 Å². The first-order chi connectivity index (χ1) is 5.75. The Hall–Kier alpha value is -1.18. The van der Waals surface area contributed by atoms with E-state index >= 15 is 0 Å². The van der Waals surface area contributed by atoms with E-state index in [1.165, 1.54) is 6.42 Å². The van der Waals surface area contributed by atoms with Crippen molar-refractivity contribution >= 4 is 11.4 Å². The van der Waals surface area contributed by atoms with E-state index in [1.54, 1.807) is 0 Å². The lowest BCUT2D eigenvalue weighted by molar-refractivity contribution is 0.798. The van der Waals surface area contributed by atoms with Gasteiger partial charge in [0.05, 0.1) is 0 Å². The smallest absolute Gasteiger partial charge is 0.0367 e. The molecule has 1 aromatic rings. The van der Waals surface area contributed by atoms with Gasteiger partial charge in [0.15, 0.2) is 0 Å². The molecule has 0 heterocycles. The molecule has 0 atom stereocenters. The normalized spacial score (nSPS) is 10.1. The van der Waals surface area contributed by atoms with E-state index < -0.39 is 0 Å². The van der Waals surface area contributed by atoms with Crippen LogP contribution in [0.1, 0.15) is 25.3 Å². The quantitative estimate of drug-likeness (QED) is 0.673. The standard InChI is InChI=1S/C10H16N2/c1-2-3-5-8-9(11)6-4-7-10(8)12/h4,6-7H,2-3,5,11-12H2,1H3. The molecule has 4 N–H and O–H groups in total. The first-order valence-electron chi connectivity index (χ1n) is 4.38. The van der Waals surface area contributed by atoms with E-state index in [2.05, 4.69) is 6.92 Å². The van der Waals surface area contributed by atoms with Gasteiger partial charge in [-0.15, -0.1) is 0 Å². The molecule has 0 aliphatic rings. The Morgan fingerprint density at radius 3 is 2.25 bits per heavy atom. The molecule has 0 saturated carbocycles. The fraction of sp³-hybridized carbons (Fsp3) is 0.400. The molecular formula is C10H16N2. The first kappa shape index (κ1) is 8.91.